The average molecular weight is 364 g/mol. The maximum atomic E-state index is 10.2. The standard InChI is InChI=1S/C22H25N3O2/c26-21-12-6-5-11-20(21)24-14-13-23-22(24)27-18-25(15-7-2-8-16-25)17-19-9-3-1-4-10-19/h1,3-6,9-14H,2,7-8,15-18H2/p+1. The Kier molecular flexibility index (Phi) is 5.12. The zero-order valence-electron chi connectivity index (χ0n) is 15.5. The summed E-state index contributed by atoms with van der Waals surface area (Å²) in [5.41, 5.74) is 2.02. The van der Waals surface area contributed by atoms with Crippen molar-refractivity contribution in [3.05, 3.63) is 72.6 Å². The fourth-order valence-electron chi connectivity index (χ4n) is 3.93. The fraction of sp³-hybridized carbons (Fsp3) is 0.318. The van der Waals surface area contributed by atoms with Crippen LogP contribution in [0.1, 0.15) is 24.8 Å². The highest BCUT2D eigenvalue weighted by atomic mass is 16.5. The van der Waals surface area contributed by atoms with Gasteiger partial charge in [-0.25, -0.2) is 4.98 Å². The second-order valence-corrected chi connectivity index (χ2v) is 7.34. The van der Waals surface area contributed by atoms with Gasteiger partial charge in [-0.3, -0.25) is 9.05 Å². The molecule has 0 unspecified atom stereocenters. The monoisotopic (exact) mass is 364 g/mol. The molecule has 140 valence electrons. The molecular formula is C22H26N3O2+. The number of piperidine rings is 1. The molecule has 1 aromatic heterocycles. The summed E-state index contributed by atoms with van der Waals surface area (Å²) in [6.45, 7) is 3.79. The lowest BCUT2D eigenvalue weighted by Crippen LogP contribution is -2.53. The zero-order valence-corrected chi connectivity index (χ0v) is 15.5. The number of benzene rings is 2. The molecule has 2 heterocycles. The quantitative estimate of drug-likeness (QED) is 0.670. The summed E-state index contributed by atoms with van der Waals surface area (Å²) < 4.78 is 8.93. The number of aromatic nitrogens is 2. The van der Waals surface area contributed by atoms with Gasteiger partial charge in [-0.15, -0.1) is 0 Å². The van der Waals surface area contributed by atoms with Gasteiger partial charge in [0.2, 0.25) is 6.73 Å². The fourth-order valence-corrected chi connectivity index (χ4v) is 3.93. The van der Waals surface area contributed by atoms with Crippen LogP contribution in [0.15, 0.2) is 67.0 Å². The molecule has 1 aliphatic heterocycles. The SMILES string of the molecule is Oc1ccccc1-n1ccnc1OC[N+]1(Cc2ccccc2)CCCCC1. The van der Waals surface area contributed by atoms with Crippen molar-refractivity contribution in [1.82, 2.24) is 9.55 Å². The minimum atomic E-state index is 0.214. The number of aromatic hydroxyl groups is 1. The molecule has 2 aromatic carbocycles. The van der Waals surface area contributed by atoms with Gasteiger partial charge in [0.25, 0.3) is 0 Å². The van der Waals surface area contributed by atoms with Gasteiger partial charge in [0.15, 0.2) is 0 Å². The summed E-state index contributed by atoms with van der Waals surface area (Å²) >= 11 is 0. The molecule has 1 fully saturated rings. The number of rotatable bonds is 6. The smallest absolute Gasteiger partial charge is 0.305 e. The van der Waals surface area contributed by atoms with E-state index in [1.807, 2.05) is 24.4 Å². The van der Waals surface area contributed by atoms with Gasteiger partial charge in [0.05, 0.1) is 18.8 Å². The average Bonchev–Trinajstić information content (AvgIpc) is 3.17. The summed E-state index contributed by atoms with van der Waals surface area (Å²) in [7, 11) is 0. The zero-order chi connectivity index (χ0) is 18.5. The lowest BCUT2D eigenvalue weighted by molar-refractivity contribution is -0.958. The van der Waals surface area contributed by atoms with E-state index >= 15 is 0 Å². The molecule has 5 heteroatoms. The van der Waals surface area contributed by atoms with Crippen LogP contribution in [0.3, 0.4) is 0 Å². The van der Waals surface area contributed by atoms with Gasteiger partial charge in [-0.2, -0.15) is 0 Å². The molecule has 5 nitrogen and oxygen atoms in total. The lowest BCUT2D eigenvalue weighted by Gasteiger charge is -2.40. The van der Waals surface area contributed by atoms with Crippen molar-refractivity contribution < 1.29 is 14.3 Å². The summed E-state index contributed by atoms with van der Waals surface area (Å²) in [4.78, 5) is 4.38. The summed E-state index contributed by atoms with van der Waals surface area (Å²) in [5.74, 6) is 0.214. The van der Waals surface area contributed by atoms with Crippen LogP contribution in [0, 0.1) is 0 Å². The van der Waals surface area contributed by atoms with Gasteiger partial charge >= 0.3 is 6.01 Å². The van der Waals surface area contributed by atoms with Crippen molar-refractivity contribution >= 4 is 0 Å². The van der Waals surface area contributed by atoms with Crippen LogP contribution in [0.2, 0.25) is 0 Å². The topological polar surface area (TPSA) is 47.3 Å². The van der Waals surface area contributed by atoms with Crippen LogP contribution in [-0.4, -0.2) is 39.0 Å². The van der Waals surface area contributed by atoms with Gasteiger partial charge in [0, 0.05) is 18.0 Å². The first-order valence-electron chi connectivity index (χ1n) is 9.59. The first-order chi connectivity index (χ1) is 13.3. The molecule has 0 bridgehead atoms. The lowest BCUT2D eigenvalue weighted by atomic mass is 10.1. The third-order valence-corrected chi connectivity index (χ3v) is 5.34. The maximum absolute atomic E-state index is 10.2. The van der Waals surface area contributed by atoms with Crippen LogP contribution in [0.25, 0.3) is 5.69 Å². The Balaban J connectivity index is 1.54. The minimum absolute atomic E-state index is 0.214. The number of quaternary nitrogens is 1. The molecule has 0 spiro atoms. The third-order valence-electron chi connectivity index (χ3n) is 5.34. The van der Waals surface area contributed by atoms with E-state index < -0.39 is 0 Å². The Hall–Kier alpha value is -2.79. The summed E-state index contributed by atoms with van der Waals surface area (Å²) in [5, 5.41) is 10.2. The number of ether oxygens (including phenoxy) is 1. The number of para-hydroxylation sites is 2. The number of imidazole rings is 1. The Morgan fingerprint density at radius 2 is 1.70 bits per heavy atom. The van der Waals surface area contributed by atoms with E-state index in [0.717, 1.165) is 24.1 Å². The molecule has 27 heavy (non-hydrogen) atoms. The number of nitrogens with zero attached hydrogens (tertiary/aromatic N) is 3. The van der Waals surface area contributed by atoms with Crippen molar-refractivity contribution in [3.8, 4) is 17.4 Å². The normalized spacial score (nSPS) is 16.1. The molecular weight excluding hydrogens is 338 g/mol. The van der Waals surface area contributed by atoms with Gasteiger partial charge < -0.3 is 9.84 Å². The van der Waals surface area contributed by atoms with Crippen LogP contribution in [0.4, 0.5) is 0 Å². The molecule has 1 N–H and O–H groups in total. The number of hydrogen-bond acceptors (Lipinski definition) is 3. The Morgan fingerprint density at radius 3 is 2.48 bits per heavy atom. The third kappa shape index (κ3) is 3.98. The van der Waals surface area contributed by atoms with E-state index in [4.69, 9.17) is 4.74 Å². The van der Waals surface area contributed by atoms with E-state index in [0.29, 0.717) is 18.4 Å². The van der Waals surface area contributed by atoms with Gasteiger partial charge in [0.1, 0.15) is 12.3 Å². The molecule has 1 saturated heterocycles. The molecule has 3 aromatic rings. The van der Waals surface area contributed by atoms with E-state index in [2.05, 4.69) is 35.3 Å². The van der Waals surface area contributed by atoms with Crippen molar-refractivity contribution in [2.24, 2.45) is 0 Å². The molecule has 4 rings (SSSR count). The highest BCUT2D eigenvalue weighted by Gasteiger charge is 2.31. The van der Waals surface area contributed by atoms with Crippen molar-refractivity contribution in [1.29, 1.82) is 0 Å². The van der Waals surface area contributed by atoms with Crippen LogP contribution in [0.5, 0.6) is 11.8 Å². The molecule has 0 atom stereocenters. The van der Waals surface area contributed by atoms with Crippen LogP contribution >= 0.6 is 0 Å². The van der Waals surface area contributed by atoms with Crippen LogP contribution in [-0.2, 0) is 6.54 Å². The maximum Gasteiger partial charge on any atom is 0.305 e. The largest absolute Gasteiger partial charge is 0.506 e. The summed E-state index contributed by atoms with van der Waals surface area (Å²) in [6, 6.07) is 18.4. The molecule has 1 aliphatic rings. The first-order valence-corrected chi connectivity index (χ1v) is 9.59. The highest BCUT2D eigenvalue weighted by molar-refractivity contribution is 5.46. The number of phenolic OH excluding ortho intramolecular Hbond substituents is 1. The highest BCUT2D eigenvalue weighted by Crippen LogP contribution is 2.27. The minimum Gasteiger partial charge on any atom is -0.506 e. The number of phenols is 1. The van der Waals surface area contributed by atoms with E-state index in [1.165, 1.54) is 24.8 Å². The van der Waals surface area contributed by atoms with E-state index in [1.54, 1.807) is 16.8 Å². The van der Waals surface area contributed by atoms with E-state index in [9.17, 15) is 5.11 Å². The molecule has 0 radical (unpaired) electrons. The predicted molar refractivity (Wildman–Crippen MR) is 105 cm³/mol. The second kappa shape index (κ2) is 7.84. The van der Waals surface area contributed by atoms with E-state index in [-0.39, 0.29) is 5.75 Å². The number of hydrogen-bond donors (Lipinski definition) is 1. The van der Waals surface area contributed by atoms with Crippen LogP contribution < -0.4 is 4.74 Å². The first kappa shape index (κ1) is 17.6. The predicted octanol–water partition coefficient (Wildman–Crippen LogP) is 4.12. The Labute approximate surface area is 160 Å². The van der Waals surface area contributed by atoms with Crippen molar-refractivity contribution in [3.63, 3.8) is 0 Å². The van der Waals surface area contributed by atoms with Gasteiger partial charge in [-0.1, -0.05) is 42.5 Å². The number of likely N-dealkylation sites (tertiary alicyclic amines) is 1. The second-order valence-electron chi connectivity index (χ2n) is 7.34. The molecule has 0 amide bonds. The van der Waals surface area contributed by atoms with Crippen molar-refractivity contribution in [2.45, 2.75) is 25.8 Å². The van der Waals surface area contributed by atoms with Crippen molar-refractivity contribution in [2.75, 3.05) is 19.8 Å². The molecule has 0 saturated carbocycles. The van der Waals surface area contributed by atoms with Gasteiger partial charge in [-0.05, 0) is 31.4 Å². The molecule has 0 aliphatic carbocycles. The summed E-state index contributed by atoms with van der Waals surface area (Å²) in [6.07, 6.45) is 7.27. The Morgan fingerprint density at radius 1 is 0.963 bits per heavy atom. The Bertz CT molecular complexity index is 870.